The lowest BCUT2D eigenvalue weighted by atomic mass is 10.2. The van der Waals surface area contributed by atoms with Crippen molar-refractivity contribution in [3.63, 3.8) is 0 Å². The number of rotatable bonds is 8. The molecule has 0 aliphatic rings. The number of guanidine groups is 1. The number of hydrazone groups is 2. The first-order valence-corrected chi connectivity index (χ1v) is 10.0. The minimum atomic E-state index is -0.110. The molecule has 0 saturated heterocycles. The Morgan fingerprint density at radius 1 is 0.767 bits per heavy atom. The molecular formula is C19H21Br2N5O4. The number of methoxy groups -OCH3 is 4. The second-order valence-corrected chi connectivity index (χ2v) is 7.30. The smallest absolute Gasteiger partial charge is 0.230 e. The van der Waals surface area contributed by atoms with Gasteiger partial charge in [-0.3, -0.25) is 5.41 Å². The van der Waals surface area contributed by atoms with E-state index in [1.165, 1.54) is 12.4 Å². The lowest BCUT2D eigenvalue weighted by molar-refractivity contribution is 0.353. The van der Waals surface area contributed by atoms with Crippen LogP contribution in [0.15, 0.2) is 43.4 Å². The van der Waals surface area contributed by atoms with E-state index in [4.69, 9.17) is 24.4 Å². The molecular weight excluding hydrogens is 522 g/mol. The molecule has 0 amide bonds. The lowest BCUT2D eigenvalue weighted by Gasteiger charge is -2.10. The molecule has 2 aromatic rings. The van der Waals surface area contributed by atoms with E-state index >= 15 is 0 Å². The molecule has 11 heteroatoms. The number of hydrogen-bond acceptors (Lipinski definition) is 7. The van der Waals surface area contributed by atoms with Crippen LogP contribution in [0.1, 0.15) is 11.1 Å². The number of halogens is 2. The molecule has 0 aliphatic heterocycles. The Hall–Kier alpha value is -2.79. The summed E-state index contributed by atoms with van der Waals surface area (Å²) in [5, 5.41) is 15.8. The number of ether oxygens (including phenoxy) is 4. The Morgan fingerprint density at radius 2 is 1.17 bits per heavy atom. The highest BCUT2D eigenvalue weighted by Crippen LogP contribution is 2.36. The molecule has 0 saturated carbocycles. The summed E-state index contributed by atoms with van der Waals surface area (Å²) < 4.78 is 22.6. The second-order valence-electron chi connectivity index (χ2n) is 5.59. The van der Waals surface area contributed by atoms with E-state index in [-0.39, 0.29) is 5.96 Å². The highest BCUT2D eigenvalue weighted by molar-refractivity contribution is 9.11. The summed E-state index contributed by atoms with van der Waals surface area (Å²) in [6, 6.07) is 7.16. The van der Waals surface area contributed by atoms with Crippen molar-refractivity contribution in [1.82, 2.24) is 10.9 Å². The van der Waals surface area contributed by atoms with Gasteiger partial charge in [-0.15, -0.1) is 0 Å². The SMILES string of the molecule is COc1cc(/C=N/NC(=N)N/N=C/c2cc(Br)c(OC)c(OC)c2)cc(Br)c1OC. The van der Waals surface area contributed by atoms with E-state index < -0.39 is 0 Å². The minimum absolute atomic E-state index is 0.110. The highest BCUT2D eigenvalue weighted by atomic mass is 79.9. The van der Waals surface area contributed by atoms with E-state index in [1.807, 2.05) is 12.1 Å². The van der Waals surface area contributed by atoms with Gasteiger partial charge in [0.05, 0.1) is 49.8 Å². The predicted octanol–water partition coefficient (Wildman–Crippen LogP) is 3.73. The van der Waals surface area contributed by atoms with Gasteiger partial charge in [0.2, 0.25) is 5.96 Å². The molecule has 3 N–H and O–H groups in total. The third kappa shape index (κ3) is 6.10. The van der Waals surface area contributed by atoms with Gasteiger partial charge in [0, 0.05) is 0 Å². The summed E-state index contributed by atoms with van der Waals surface area (Å²) in [5.41, 5.74) is 6.58. The molecule has 0 aliphatic carbocycles. The van der Waals surface area contributed by atoms with Crippen molar-refractivity contribution in [2.45, 2.75) is 0 Å². The zero-order valence-electron chi connectivity index (χ0n) is 16.7. The summed E-state index contributed by atoms with van der Waals surface area (Å²) in [6.07, 6.45) is 3.08. The van der Waals surface area contributed by atoms with Gasteiger partial charge in [-0.25, -0.2) is 10.9 Å². The lowest BCUT2D eigenvalue weighted by Crippen LogP contribution is -2.29. The third-order valence-electron chi connectivity index (χ3n) is 3.69. The number of nitrogens with zero attached hydrogens (tertiary/aromatic N) is 2. The highest BCUT2D eigenvalue weighted by Gasteiger charge is 2.10. The largest absolute Gasteiger partial charge is 0.493 e. The van der Waals surface area contributed by atoms with E-state index in [9.17, 15) is 0 Å². The Balaban J connectivity index is 1.97. The van der Waals surface area contributed by atoms with Crippen LogP contribution in [0, 0.1) is 5.41 Å². The maximum absolute atomic E-state index is 7.83. The van der Waals surface area contributed by atoms with Gasteiger partial charge in [0.15, 0.2) is 23.0 Å². The summed E-state index contributed by atoms with van der Waals surface area (Å²) >= 11 is 6.84. The van der Waals surface area contributed by atoms with Crippen LogP contribution in [0.2, 0.25) is 0 Å². The zero-order chi connectivity index (χ0) is 22.1. The fraction of sp³-hybridized carbons (Fsp3) is 0.211. The molecule has 0 unspecified atom stereocenters. The maximum atomic E-state index is 7.83. The predicted molar refractivity (Wildman–Crippen MR) is 124 cm³/mol. The zero-order valence-corrected chi connectivity index (χ0v) is 19.9. The van der Waals surface area contributed by atoms with E-state index in [0.717, 1.165) is 20.1 Å². The van der Waals surface area contributed by atoms with Crippen molar-refractivity contribution < 1.29 is 18.9 Å². The number of benzene rings is 2. The normalized spacial score (nSPS) is 10.9. The second kappa shape index (κ2) is 11.4. The average molecular weight is 543 g/mol. The first-order chi connectivity index (χ1) is 14.4. The standard InChI is InChI=1S/C19H21Br2N5O4/c1-27-15-7-11(5-13(20)17(15)29-3)9-23-25-19(22)26-24-10-12-6-14(21)18(30-4)16(8-12)28-2/h5-10H,1-4H3,(H3,22,25,26)/b23-9+,24-10+. The van der Waals surface area contributed by atoms with Crippen molar-refractivity contribution in [2.75, 3.05) is 28.4 Å². The maximum Gasteiger partial charge on any atom is 0.230 e. The van der Waals surface area contributed by atoms with E-state index in [1.54, 1.807) is 40.6 Å². The van der Waals surface area contributed by atoms with Crippen molar-refractivity contribution in [3.8, 4) is 23.0 Å². The van der Waals surface area contributed by atoms with Crippen LogP contribution < -0.4 is 29.8 Å². The monoisotopic (exact) mass is 541 g/mol. The van der Waals surface area contributed by atoms with Crippen molar-refractivity contribution in [3.05, 3.63) is 44.3 Å². The van der Waals surface area contributed by atoms with Gasteiger partial charge in [-0.05, 0) is 67.3 Å². The first-order valence-electron chi connectivity index (χ1n) is 8.43. The summed E-state index contributed by atoms with van der Waals surface area (Å²) in [7, 11) is 6.23. The Bertz CT molecular complexity index is 891. The molecule has 0 spiro atoms. The number of hydrogen-bond donors (Lipinski definition) is 3. The van der Waals surface area contributed by atoms with Crippen LogP contribution in [0.25, 0.3) is 0 Å². The molecule has 0 aromatic heterocycles. The fourth-order valence-electron chi connectivity index (χ4n) is 2.39. The summed E-state index contributed by atoms with van der Waals surface area (Å²) in [5.74, 6) is 2.20. The van der Waals surface area contributed by atoms with Crippen LogP contribution in [-0.2, 0) is 0 Å². The molecule has 2 rings (SSSR count). The van der Waals surface area contributed by atoms with Gasteiger partial charge in [-0.1, -0.05) is 0 Å². The van der Waals surface area contributed by atoms with Crippen LogP contribution in [0.5, 0.6) is 23.0 Å². The molecule has 0 radical (unpaired) electrons. The van der Waals surface area contributed by atoms with Crippen molar-refractivity contribution >= 4 is 50.2 Å². The molecule has 0 atom stereocenters. The topological polar surface area (TPSA) is 110 Å². The van der Waals surface area contributed by atoms with Crippen LogP contribution in [0.3, 0.4) is 0 Å². The Labute approximate surface area is 191 Å². The van der Waals surface area contributed by atoms with Crippen LogP contribution >= 0.6 is 31.9 Å². The Kier molecular flexibility index (Phi) is 8.93. The fourth-order valence-corrected chi connectivity index (χ4v) is 3.64. The first kappa shape index (κ1) is 23.5. The molecule has 0 fully saturated rings. The Morgan fingerprint density at radius 3 is 1.50 bits per heavy atom. The molecule has 2 aromatic carbocycles. The summed E-state index contributed by atoms with van der Waals surface area (Å²) in [4.78, 5) is 0. The van der Waals surface area contributed by atoms with Gasteiger partial charge in [0.25, 0.3) is 0 Å². The summed E-state index contributed by atoms with van der Waals surface area (Å²) in [6.45, 7) is 0. The molecule has 30 heavy (non-hydrogen) atoms. The molecule has 160 valence electrons. The van der Waals surface area contributed by atoms with E-state index in [2.05, 4.69) is 52.9 Å². The minimum Gasteiger partial charge on any atom is -0.493 e. The van der Waals surface area contributed by atoms with Crippen molar-refractivity contribution in [1.29, 1.82) is 5.41 Å². The van der Waals surface area contributed by atoms with Crippen LogP contribution in [0.4, 0.5) is 0 Å². The quantitative estimate of drug-likeness (QED) is 0.266. The molecule has 0 bridgehead atoms. The van der Waals surface area contributed by atoms with Gasteiger partial charge in [-0.2, -0.15) is 10.2 Å². The van der Waals surface area contributed by atoms with E-state index in [0.29, 0.717) is 23.0 Å². The molecule has 9 nitrogen and oxygen atoms in total. The third-order valence-corrected chi connectivity index (χ3v) is 4.87. The molecule has 0 heterocycles. The van der Waals surface area contributed by atoms with Gasteiger partial charge < -0.3 is 18.9 Å². The van der Waals surface area contributed by atoms with Gasteiger partial charge in [0.1, 0.15) is 0 Å². The van der Waals surface area contributed by atoms with Crippen LogP contribution in [-0.4, -0.2) is 46.8 Å². The van der Waals surface area contributed by atoms with Crippen molar-refractivity contribution in [2.24, 2.45) is 10.2 Å². The number of nitrogens with one attached hydrogen (secondary N) is 3. The average Bonchev–Trinajstić information content (AvgIpc) is 2.72. The van der Waals surface area contributed by atoms with Gasteiger partial charge >= 0.3 is 0 Å².